The maximum atomic E-state index is 12.2. The van der Waals surface area contributed by atoms with Crippen LogP contribution in [-0.2, 0) is 19.1 Å². The van der Waals surface area contributed by atoms with Crippen LogP contribution < -0.4 is 17.2 Å². The van der Waals surface area contributed by atoms with Gasteiger partial charge in [-0.3, -0.25) is 19.4 Å². The number of quaternary nitrogens is 1. The SMILES string of the molecule is CC(=O)C(C(=O)O)C(C[N+](C)(C)C)OC(=O)[C@@H](N)CCCN=C(N)N. The van der Waals surface area contributed by atoms with Gasteiger partial charge in [0.2, 0.25) is 0 Å². The summed E-state index contributed by atoms with van der Waals surface area (Å²) in [6.45, 7) is 1.63. The lowest BCUT2D eigenvalue weighted by molar-refractivity contribution is -0.873. The van der Waals surface area contributed by atoms with Crippen molar-refractivity contribution in [3.63, 3.8) is 0 Å². The number of hydrogen-bond donors (Lipinski definition) is 4. The van der Waals surface area contributed by atoms with Gasteiger partial charge in [0.05, 0.1) is 21.1 Å². The summed E-state index contributed by atoms with van der Waals surface area (Å²) in [7, 11) is 5.40. The van der Waals surface area contributed by atoms with Crippen molar-refractivity contribution < 1.29 is 28.7 Å². The molecular formula is C15H30N5O5+. The third-order valence-electron chi connectivity index (χ3n) is 3.34. The standard InChI is InChI=1S/C15H29N5O5/c1-9(21)12(13(22)23)11(8-20(2,3)4)25-14(24)10(16)6-5-7-19-15(17)18/h10-12H,5-8,16H2,1-4H3,(H4-,17,18,19,22,23)/p+1/t10-,11?,12?/m0/s1. The molecule has 0 heterocycles. The number of aliphatic imine (C=N–C) groups is 1. The lowest BCUT2D eigenvalue weighted by Gasteiger charge is -2.31. The number of likely N-dealkylation sites (N-methyl/N-ethyl adjacent to an activating group) is 1. The van der Waals surface area contributed by atoms with Crippen LogP contribution in [0.15, 0.2) is 4.99 Å². The average Bonchev–Trinajstić information content (AvgIpc) is 2.40. The van der Waals surface area contributed by atoms with Gasteiger partial charge in [0.25, 0.3) is 0 Å². The van der Waals surface area contributed by atoms with E-state index < -0.39 is 35.8 Å². The summed E-state index contributed by atoms with van der Waals surface area (Å²) < 4.78 is 5.60. The molecule has 144 valence electrons. The Balaban J connectivity index is 4.98. The molecule has 0 rings (SSSR count). The highest BCUT2D eigenvalue weighted by Crippen LogP contribution is 2.15. The number of carboxylic acid groups (broad SMARTS) is 1. The Kier molecular flexibility index (Phi) is 9.07. The number of ether oxygens (including phenoxy) is 1. The van der Waals surface area contributed by atoms with Crippen LogP contribution in [0.1, 0.15) is 19.8 Å². The van der Waals surface area contributed by atoms with Gasteiger partial charge in [-0.05, 0) is 19.8 Å². The average molecular weight is 360 g/mol. The molecule has 0 aromatic rings. The molecule has 0 saturated heterocycles. The number of carbonyl (C=O) groups is 3. The van der Waals surface area contributed by atoms with Crippen LogP contribution in [0.5, 0.6) is 0 Å². The van der Waals surface area contributed by atoms with Crippen LogP contribution in [0, 0.1) is 5.92 Å². The van der Waals surface area contributed by atoms with Crippen molar-refractivity contribution in [2.45, 2.75) is 31.9 Å². The Morgan fingerprint density at radius 2 is 1.76 bits per heavy atom. The third-order valence-corrected chi connectivity index (χ3v) is 3.34. The van der Waals surface area contributed by atoms with Gasteiger partial charge >= 0.3 is 11.9 Å². The van der Waals surface area contributed by atoms with E-state index in [9.17, 15) is 19.5 Å². The number of guanidine groups is 1. The molecule has 10 nitrogen and oxygen atoms in total. The topological polar surface area (TPSA) is 171 Å². The van der Waals surface area contributed by atoms with Gasteiger partial charge < -0.3 is 31.5 Å². The van der Waals surface area contributed by atoms with Crippen molar-refractivity contribution in [1.82, 2.24) is 0 Å². The van der Waals surface area contributed by atoms with Crippen molar-refractivity contribution >= 4 is 23.7 Å². The predicted octanol–water partition coefficient (Wildman–Crippen LogP) is -1.72. The monoisotopic (exact) mass is 360 g/mol. The van der Waals surface area contributed by atoms with Gasteiger partial charge in [0.1, 0.15) is 18.4 Å². The molecule has 0 aromatic heterocycles. The molecule has 25 heavy (non-hydrogen) atoms. The first kappa shape index (κ1) is 22.8. The van der Waals surface area contributed by atoms with Gasteiger partial charge in [-0.15, -0.1) is 0 Å². The van der Waals surface area contributed by atoms with Crippen LogP contribution >= 0.6 is 0 Å². The minimum Gasteiger partial charge on any atom is -0.481 e. The second kappa shape index (κ2) is 9.94. The minimum absolute atomic E-state index is 0.0510. The van der Waals surface area contributed by atoms with E-state index in [0.29, 0.717) is 17.4 Å². The summed E-state index contributed by atoms with van der Waals surface area (Å²) in [5, 5.41) is 9.30. The predicted molar refractivity (Wildman–Crippen MR) is 92.5 cm³/mol. The number of Topliss-reactive ketones (excluding diaryl/α,β-unsaturated/α-hetero) is 1. The molecule has 0 radical (unpaired) electrons. The highest BCUT2D eigenvalue weighted by atomic mass is 16.5. The zero-order valence-electron chi connectivity index (χ0n) is 15.3. The van der Waals surface area contributed by atoms with Crippen molar-refractivity contribution in [3.8, 4) is 0 Å². The Morgan fingerprint density at radius 1 is 1.20 bits per heavy atom. The molecule has 0 saturated carbocycles. The van der Waals surface area contributed by atoms with E-state index in [0.717, 1.165) is 6.92 Å². The number of ketones is 1. The molecule has 2 unspecified atom stereocenters. The lowest BCUT2D eigenvalue weighted by atomic mass is 9.97. The fraction of sp³-hybridized carbons (Fsp3) is 0.733. The van der Waals surface area contributed by atoms with Gasteiger partial charge in [-0.25, -0.2) is 0 Å². The fourth-order valence-corrected chi connectivity index (χ4v) is 2.22. The van der Waals surface area contributed by atoms with E-state index >= 15 is 0 Å². The van der Waals surface area contributed by atoms with Crippen LogP contribution in [0.4, 0.5) is 0 Å². The van der Waals surface area contributed by atoms with Crippen LogP contribution in [0.25, 0.3) is 0 Å². The van der Waals surface area contributed by atoms with Crippen molar-refractivity contribution in [3.05, 3.63) is 0 Å². The zero-order valence-corrected chi connectivity index (χ0v) is 15.3. The quantitative estimate of drug-likeness (QED) is 0.0841. The molecule has 0 aliphatic carbocycles. The Morgan fingerprint density at radius 3 is 2.16 bits per heavy atom. The smallest absolute Gasteiger partial charge is 0.323 e. The highest BCUT2D eigenvalue weighted by Gasteiger charge is 2.39. The van der Waals surface area contributed by atoms with Gasteiger partial charge in [-0.1, -0.05) is 0 Å². The van der Waals surface area contributed by atoms with Crippen molar-refractivity contribution in [2.75, 3.05) is 34.2 Å². The first-order chi connectivity index (χ1) is 11.3. The van der Waals surface area contributed by atoms with Crippen LogP contribution in [0.3, 0.4) is 0 Å². The first-order valence-electron chi connectivity index (χ1n) is 7.90. The second-order valence-electron chi connectivity index (χ2n) is 6.93. The summed E-state index contributed by atoms with van der Waals surface area (Å²) in [5.74, 6) is -4.16. The summed E-state index contributed by atoms with van der Waals surface area (Å²) in [6, 6.07) is -0.953. The number of esters is 1. The van der Waals surface area contributed by atoms with Crippen molar-refractivity contribution in [1.29, 1.82) is 0 Å². The summed E-state index contributed by atoms with van der Waals surface area (Å²) >= 11 is 0. The molecule has 0 bridgehead atoms. The Bertz CT molecular complexity index is 497. The second-order valence-corrected chi connectivity index (χ2v) is 6.93. The number of carbonyl (C=O) groups excluding carboxylic acids is 2. The van der Waals surface area contributed by atoms with Gasteiger partial charge in [0, 0.05) is 6.54 Å². The molecule has 0 amide bonds. The molecular weight excluding hydrogens is 330 g/mol. The Labute approximate surface area is 147 Å². The summed E-state index contributed by atoms with van der Waals surface area (Å²) in [6.07, 6.45) is -0.375. The highest BCUT2D eigenvalue weighted by molar-refractivity contribution is 5.97. The maximum absolute atomic E-state index is 12.2. The fourth-order valence-electron chi connectivity index (χ4n) is 2.22. The number of aliphatic carboxylic acids is 1. The molecule has 0 aromatic carbocycles. The summed E-state index contributed by atoms with van der Waals surface area (Å²) in [5.41, 5.74) is 16.2. The van der Waals surface area contributed by atoms with Gasteiger partial charge in [-0.2, -0.15) is 0 Å². The molecule has 10 heteroatoms. The molecule has 3 atom stereocenters. The molecule has 0 aliphatic heterocycles. The van der Waals surface area contributed by atoms with E-state index in [2.05, 4.69) is 4.99 Å². The summed E-state index contributed by atoms with van der Waals surface area (Å²) in [4.78, 5) is 39.0. The molecule has 0 fully saturated rings. The van der Waals surface area contributed by atoms with E-state index in [4.69, 9.17) is 21.9 Å². The first-order valence-corrected chi connectivity index (χ1v) is 7.90. The molecule has 0 aliphatic rings. The maximum Gasteiger partial charge on any atom is 0.323 e. The lowest BCUT2D eigenvalue weighted by Crippen LogP contribution is -2.51. The van der Waals surface area contributed by atoms with E-state index in [1.807, 2.05) is 0 Å². The van der Waals surface area contributed by atoms with E-state index in [-0.39, 0.29) is 18.9 Å². The van der Waals surface area contributed by atoms with Crippen LogP contribution in [0.2, 0.25) is 0 Å². The zero-order chi connectivity index (χ0) is 19.8. The van der Waals surface area contributed by atoms with Crippen molar-refractivity contribution in [2.24, 2.45) is 28.1 Å². The number of nitrogens with zero attached hydrogens (tertiary/aromatic N) is 2. The number of nitrogens with two attached hydrogens (primary N) is 3. The largest absolute Gasteiger partial charge is 0.481 e. The minimum atomic E-state index is -1.44. The van der Waals surface area contributed by atoms with E-state index in [1.165, 1.54) is 0 Å². The van der Waals surface area contributed by atoms with Gasteiger partial charge in [0.15, 0.2) is 18.0 Å². The number of carboxylic acids is 1. The Hall–Kier alpha value is -2.20. The molecule has 0 spiro atoms. The number of hydrogen-bond acceptors (Lipinski definition) is 6. The molecule has 7 N–H and O–H groups in total. The van der Waals surface area contributed by atoms with Crippen LogP contribution in [-0.4, -0.2) is 79.6 Å². The third kappa shape index (κ3) is 9.62. The normalized spacial score (nSPS) is 14.9. The number of rotatable bonds is 11. The van der Waals surface area contributed by atoms with E-state index in [1.54, 1.807) is 21.1 Å².